The summed E-state index contributed by atoms with van der Waals surface area (Å²) in [5, 5.41) is -2.40. The van der Waals surface area contributed by atoms with Gasteiger partial charge >= 0.3 is 6.18 Å². The Hall–Kier alpha value is -0.790. The number of alkyl halides is 3. The molecule has 100 valence electrons. The second-order valence-corrected chi connectivity index (χ2v) is 6.63. The number of benzene rings is 1. The maximum absolute atomic E-state index is 12.7. The number of halogens is 4. The molecule has 0 saturated carbocycles. The average Bonchev–Trinajstić information content (AvgIpc) is 2.22. The Morgan fingerprint density at radius 1 is 1.33 bits per heavy atom. The van der Waals surface area contributed by atoms with E-state index in [1.165, 1.54) is 12.1 Å². The maximum Gasteiger partial charge on any atom is 0.405 e. The summed E-state index contributed by atoms with van der Waals surface area (Å²) in [6.45, 7) is 0. The molecule has 2 atom stereocenters. The molecule has 3 nitrogen and oxygen atoms in total. The first-order valence-electron chi connectivity index (χ1n) is 4.99. The van der Waals surface area contributed by atoms with E-state index < -0.39 is 38.6 Å². The number of rotatable bonds is 0. The van der Waals surface area contributed by atoms with Gasteiger partial charge in [-0.2, -0.15) is 13.2 Å². The van der Waals surface area contributed by atoms with Crippen LogP contribution in [0.4, 0.5) is 13.2 Å². The van der Waals surface area contributed by atoms with E-state index in [0.717, 1.165) is 6.07 Å². The second-order valence-electron chi connectivity index (χ2n) is 4.10. The van der Waals surface area contributed by atoms with E-state index in [0.29, 0.717) is 0 Å². The molecule has 0 aromatic heterocycles. The number of hydrogen-bond donors (Lipinski definition) is 1. The summed E-state index contributed by atoms with van der Waals surface area (Å²) < 4.78 is 62.0. The molecule has 1 heterocycles. The van der Waals surface area contributed by atoms with Crippen LogP contribution in [0.15, 0.2) is 23.1 Å². The molecular formula is C10H9ClF3NO2S. The molecule has 2 N–H and O–H groups in total. The van der Waals surface area contributed by atoms with Gasteiger partial charge in [0, 0.05) is 11.1 Å². The number of nitrogens with two attached hydrogens (primary N) is 1. The molecule has 1 aromatic carbocycles. The molecule has 18 heavy (non-hydrogen) atoms. The fourth-order valence-corrected chi connectivity index (χ4v) is 4.20. The van der Waals surface area contributed by atoms with Crippen molar-refractivity contribution in [3.05, 3.63) is 28.8 Å². The summed E-state index contributed by atoms with van der Waals surface area (Å²) in [5.41, 5.74) is 5.78. The summed E-state index contributed by atoms with van der Waals surface area (Å²) in [7, 11) is -4.49. The Kier molecular flexibility index (Phi) is 3.11. The minimum atomic E-state index is -4.84. The van der Waals surface area contributed by atoms with Crippen LogP contribution >= 0.6 is 11.6 Å². The fourth-order valence-electron chi connectivity index (χ4n) is 2.01. The van der Waals surface area contributed by atoms with Crippen molar-refractivity contribution in [2.75, 3.05) is 0 Å². The predicted octanol–water partition coefficient (Wildman–Crippen LogP) is 2.45. The third-order valence-electron chi connectivity index (χ3n) is 2.89. The second kappa shape index (κ2) is 4.11. The molecule has 1 aliphatic heterocycles. The van der Waals surface area contributed by atoms with Crippen LogP contribution < -0.4 is 5.73 Å². The molecule has 0 saturated heterocycles. The lowest BCUT2D eigenvalue weighted by Gasteiger charge is -2.30. The molecule has 2 rings (SSSR count). The lowest BCUT2D eigenvalue weighted by atomic mass is 10.0. The minimum absolute atomic E-state index is 0.0624. The molecule has 0 amide bonds. The first kappa shape index (κ1) is 13.6. The quantitative estimate of drug-likeness (QED) is 0.800. The number of hydrogen-bond acceptors (Lipinski definition) is 3. The molecule has 1 aliphatic rings. The van der Waals surface area contributed by atoms with E-state index in [9.17, 15) is 21.6 Å². The van der Waals surface area contributed by atoms with Crippen LogP contribution in [0, 0.1) is 0 Å². The molecule has 2 unspecified atom stereocenters. The normalized spacial score (nSPS) is 26.7. The highest BCUT2D eigenvalue weighted by Gasteiger charge is 2.53. The Balaban J connectivity index is 2.67. The van der Waals surface area contributed by atoms with Gasteiger partial charge in [-0.25, -0.2) is 8.42 Å². The zero-order valence-electron chi connectivity index (χ0n) is 8.91. The van der Waals surface area contributed by atoms with Crippen LogP contribution in [0.25, 0.3) is 0 Å². The Morgan fingerprint density at radius 2 is 1.94 bits per heavy atom. The Bertz CT molecular complexity index is 585. The predicted molar refractivity (Wildman–Crippen MR) is 60.0 cm³/mol. The van der Waals surface area contributed by atoms with E-state index in [1.807, 2.05) is 0 Å². The van der Waals surface area contributed by atoms with Gasteiger partial charge in [-0.15, -0.1) is 0 Å². The maximum atomic E-state index is 12.7. The summed E-state index contributed by atoms with van der Waals surface area (Å²) in [5.74, 6) is 0. The van der Waals surface area contributed by atoms with Gasteiger partial charge in [0.1, 0.15) is 0 Å². The first-order valence-corrected chi connectivity index (χ1v) is 6.92. The number of sulfone groups is 1. The molecule has 0 fully saturated rings. The average molecular weight is 300 g/mol. The highest BCUT2D eigenvalue weighted by Crippen LogP contribution is 2.42. The van der Waals surface area contributed by atoms with Crippen molar-refractivity contribution < 1.29 is 21.6 Å². The summed E-state index contributed by atoms with van der Waals surface area (Å²) in [6.07, 6.45) is -5.50. The van der Waals surface area contributed by atoms with Crippen molar-refractivity contribution >= 4 is 21.4 Å². The molecule has 0 spiro atoms. The van der Waals surface area contributed by atoms with E-state index >= 15 is 0 Å². The van der Waals surface area contributed by atoms with Crippen molar-refractivity contribution in [2.45, 2.75) is 28.8 Å². The first-order chi connectivity index (χ1) is 8.14. The van der Waals surface area contributed by atoms with E-state index in [2.05, 4.69) is 0 Å². The van der Waals surface area contributed by atoms with Crippen LogP contribution in [-0.2, 0) is 9.84 Å². The van der Waals surface area contributed by atoms with Crippen molar-refractivity contribution in [1.82, 2.24) is 0 Å². The molecule has 0 radical (unpaired) electrons. The molecule has 0 aliphatic carbocycles. The zero-order chi connectivity index (χ0) is 13.7. The SMILES string of the molecule is NC1CC(C(F)(F)F)S(=O)(=O)c2cc(Cl)ccc21. The Morgan fingerprint density at radius 3 is 2.50 bits per heavy atom. The van der Waals surface area contributed by atoms with Gasteiger partial charge in [-0.1, -0.05) is 17.7 Å². The van der Waals surface area contributed by atoms with Gasteiger partial charge in [0.15, 0.2) is 15.1 Å². The zero-order valence-corrected chi connectivity index (χ0v) is 10.5. The third kappa shape index (κ3) is 2.10. The van der Waals surface area contributed by atoms with E-state index in [-0.39, 0.29) is 10.6 Å². The van der Waals surface area contributed by atoms with Crippen LogP contribution in [-0.4, -0.2) is 19.8 Å². The van der Waals surface area contributed by atoms with Gasteiger partial charge in [-0.05, 0) is 24.1 Å². The molecular weight excluding hydrogens is 291 g/mol. The van der Waals surface area contributed by atoms with Gasteiger partial charge in [0.2, 0.25) is 0 Å². The van der Waals surface area contributed by atoms with Crippen LogP contribution in [0.1, 0.15) is 18.0 Å². The van der Waals surface area contributed by atoms with Gasteiger partial charge in [0.05, 0.1) is 4.90 Å². The standard InChI is InChI=1S/C10H9ClF3NO2S/c11-5-1-2-6-7(15)4-9(10(12,13)14)18(16,17)8(6)3-5/h1-3,7,9H,4,15H2. The van der Waals surface area contributed by atoms with E-state index in [4.69, 9.17) is 17.3 Å². The molecule has 0 bridgehead atoms. The highest BCUT2D eigenvalue weighted by molar-refractivity contribution is 7.92. The smallest absolute Gasteiger partial charge is 0.324 e. The lowest BCUT2D eigenvalue weighted by Crippen LogP contribution is -2.43. The summed E-state index contributed by atoms with van der Waals surface area (Å²) in [4.78, 5) is -0.420. The highest BCUT2D eigenvalue weighted by atomic mass is 35.5. The Labute approximate surface area is 107 Å². The minimum Gasteiger partial charge on any atom is -0.324 e. The van der Waals surface area contributed by atoms with Crippen LogP contribution in [0.2, 0.25) is 5.02 Å². The van der Waals surface area contributed by atoms with Crippen molar-refractivity contribution in [3.8, 4) is 0 Å². The van der Waals surface area contributed by atoms with Crippen molar-refractivity contribution in [1.29, 1.82) is 0 Å². The van der Waals surface area contributed by atoms with Gasteiger partial charge < -0.3 is 5.73 Å². The molecule has 1 aromatic rings. The van der Waals surface area contributed by atoms with Crippen LogP contribution in [0.3, 0.4) is 0 Å². The van der Waals surface area contributed by atoms with Crippen molar-refractivity contribution in [2.24, 2.45) is 5.73 Å². The van der Waals surface area contributed by atoms with Gasteiger partial charge in [0.25, 0.3) is 0 Å². The van der Waals surface area contributed by atoms with E-state index in [1.54, 1.807) is 0 Å². The largest absolute Gasteiger partial charge is 0.405 e. The summed E-state index contributed by atoms with van der Waals surface area (Å²) >= 11 is 5.63. The monoisotopic (exact) mass is 299 g/mol. The summed E-state index contributed by atoms with van der Waals surface area (Å²) in [6, 6.07) is 2.81. The lowest BCUT2D eigenvalue weighted by molar-refractivity contribution is -0.132. The fraction of sp³-hybridized carbons (Fsp3) is 0.400. The van der Waals surface area contributed by atoms with Crippen molar-refractivity contribution in [3.63, 3.8) is 0 Å². The molecule has 8 heteroatoms. The third-order valence-corrected chi connectivity index (χ3v) is 5.30. The number of fused-ring (bicyclic) bond motifs is 1. The van der Waals surface area contributed by atoms with Crippen LogP contribution in [0.5, 0.6) is 0 Å². The topological polar surface area (TPSA) is 60.2 Å². The van der Waals surface area contributed by atoms with Gasteiger partial charge in [-0.3, -0.25) is 0 Å².